The molecule has 0 spiro atoms. The minimum Gasteiger partial charge on any atom is -0.488 e. The molecule has 0 fully saturated rings. The van der Waals surface area contributed by atoms with E-state index in [1.165, 1.54) is 0 Å². The summed E-state index contributed by atoms with van der Waals surface area (Å²) >= 11 is 5.89. The van der Waals surface area contributed by atoms with Crippen molar-refractivity contribution in [3.63, 3.8) is 0 Å². The van der Waals surface area contributed by atoms with Crippen molar-refractivity contribution < 1.29 is 4.74 Å². The number of anilines is 1. The van der Waals surface area contributed by atoms with E-state index < -0.39 is 0 Å². The molecule has 2 N–H and O–H groups in total. The van der Waals surface area contributed by atoms with Crippen LogP contribution in [0.4, 0.5) is 5.69 Å². The molecule has 0 aliphatic carbocycles. The summed E-state index contributed by atoms with van der Waals surface area (Å²) in [5.41, 5.74) is 7.52. The van der Waals surface area contributed by atoms with Crippen LogP contribution >= 0.6 is 11.6 Å². The maximum absolute atomic E-state index is 5.93. The molecule has 3 heteroatoms. The first-order valence-corrected chi connectivity index (χ1v) is 6.76. The van der Waals surface area contributed by atoms with Gasteiger partial charge in [-0.1, -0.05) is 54.1 Å². The molecular weight excluding hydrogens is 270 g/mol. The summed E-state index contributed by atoms with van der Waals surface area (Å²) in [6, 6.07) is 19.6. The van der Waals surface area contributed by atoms with E-state index >= 15 is 0 Å². The average molecular weight is 284 g/mol. The van der Waals surface area contributed by atoms with Gasteiger partial charge in [-0.3, -0.25) is 0 Å². The third-order valence-electron chi connectivity index (χ3n) is 3.24. The Hall–Kier alpha value is -2.19. The summed E-state index contributed by atoms with van der Waals surface area (Å²) in [5, 5.41) is 2.90. The highest BCUT2D eigenvalue weighted by molar-refractivity contribution is 6.30. The zero-order valence-electron chi connectivity index (χ0n) is 10.8. The van der Waals surface area contributed by atoms with E-state index in [9.17, 15) is 0 Å². The molecule has 3 aromatic rings. The lowest BCUT2D eigenvalue weighted by molar-refractivity contribution is 0.311. The van der Waals surface area contributed by atoms with E-state index in [4.69, 9.17) is 22.1 Å². The minimum absolute atomic E-state index is 0.428. The summed E-state index contributed by atoms with van der Waals surface area (Å²) in [5.74, 6) is 0.859. The molecule has 0 aliphatic rings. The molecule has 0 amide bonds. The first kappa shape index (κ1) is 12.8. The van der Waals surface area contributed by atoms with Crippen LogP contribution in [0.5, 0.6) is 5.75 Å². The Morgan fingerprint density at radius 1 is 0.950 bits per heavy atom. The van der Waals surface area contributed by atoms with Gasteiger partial charge < -0.3 is 10.5 Å². The fourth-order valence-corrected chi connectivity index (χ4v) is 2.35. The highest BCUT2D eigenvalue weighted by Gasteiger charge is 2.04. The molecule has 0 saturated heterocycles. The topological polar surface area (TPSA) is 35.2 Å². The number of hydrogen-bond donors (Lipinski definition) is 1. The number of nitrogens with two attached hydrogens (primary N) is 1. The number of nitrogen functional groups attached to an aromatic ring is 1. The van der Waals surface area contributed by atoms with Gasteiger partial charge in [-0.15, -0.1) is 0 Å². The standard InChI is InChI=1S/C17H14ClNO/c18-14-9-8-13(16(19)10-14)11-20-17-7-3-5-12-4-1-2-6-15(12)17/h1-10H,11,19H2. The molecule has 0 unspecified atom stereocenters. The van der Waals surface area contributed by atoms with Gasteiger partial charge in [0.05, 0.1) is 0 Å². The molecule has 20 heavy (non-hydrogen) atoms. The van der Waals surface area contributed by atoms with Crippen molar-refractivity contribution in [2.75, 3.05) is 5.73 Å². The number of benzene rings is 3. The quantitative estimate of drug-likeness (QED) is 0.710. The molecule has 0 saturated carbocycles. The predicted octanol–water partition coefficient (Wildman–Crippen LogP) is 4.65. The first-order chi connectivity index (χ1) is 9.74. The Morgan fingerprint density at radius 3 is 2.60 bits per heavy atom. The van der Waals surface area contributed by atoms with Gasteiger partial charge >= 0.3 is 0 Å². The molecular formula is C17H14ClNO. The van der Waals surface area contributed by atoms with Crippen LogP contribution in [-0.2, 0) is 6.61 Å². The van der Waals surface area contributed by atoms with Crippen molar-refractivity contribution in [1.29, 1.82) is 0 Å². The van der Waals surface area contributed by atoms with Gasteiger partial charge in [0.1, 0.15) is 12.4 Å². The van der Waals surface area contributed by atoms with Gasteiger partial charge in [-0.25, -0.2) is 0 Å². The van der Waals surface area contributed by atoms with Crippen molar-refractivity contribution in [3.05, 3.63) is 71.2 Å². The molecule has 3 rings (SSSR count). The molecule has 100 valence electrons. The summed E-state index contributed by atoms with van der Waals surface area (Å²) in [7, 11) is 0. The minimum atomic E-state index is 0.428. The van der Waals surface area contributed by atoms with Gasteiger partial charge in [0, 0.05) is 21.7 Å². The highest BCUT2D eigenvalue weighted by atomic mass is 35.5. The second-order valence-corrected chi connectivity index (χ2v) is 5.05. The number of hydrogen-bond acceptors (Lipinski definition) is 2. The van der Waals surface area contributed by atoms with Crippen LogP contribution in [0.3, 0.4) is 0 Å². The Bertz CT molecular complexity index is 750. The number of fused-ring (bicyclic) bond motifs is 1. The van der Waals surface area contributed by atoms with E-state index in [0.29, 0.717) is 17.3 Å². The van der Waals surface area contributed by atoms with Crippen LogP contribution in [-0.4, -0.2) is 0 Å². The van der Waals surface area contributed by atoms with Crippen LogP contribution in [0.2, 0.25) is 5.02 Å². The third-order valence-corrected chi connectivity index (χ3v) is 3.48. The van der Waals surface area contributed by atoms with E-state index in [2.05, 4.69) is 18.2 Å². The summed E-state index contributed by atoms with van der Waals surface area (Å²) in [6.07, 6.45) is 0. The predicted molar refractivity (Wildman–Crippen MR) is 84.1 cm³/mol. The third kappa shape index (κ3) is 2.56. The number of halogens is 1. The molecule has 0 radical (unpaired) electrons. The fraction of sp³-hybridized carbons (Fsp3) is 0.0588. The van der Waals surface area contributed by atoms with E-state index in [0.717, 1.165) is 22.1 Å². The maximum atomic E-state index is 5.93. The van der Waals surface area contributed by atoms with Crippen LogP contribution in [0.25, 0.3) is 10.8 Å². The molecule has 0 aliphatic heterocycles. The highest BCUT2D eigenvalue weighted by Crippen LogP contribution is 2.27. The van der Waals surface area contributed by atoms with Gasteiger partial charge in [0.25, 0.3) is 0 Å². The Labute approximate surface area is 122 Å². The Balaban J connectivity index is 1.87. The van der Waals surface area contributed by atoms with Crippen LogP contribution < -0.4 is 10.5 Å². The number of ether oxygens (including phenoxy) is 1. The van der Waals surface area contributed by atoms with E-state index in [1.807, 2.05) is 36.4 Å². The normalized spacial score (nSPS) is 10.7. The first-order valence-electron chi connectivity index (χ1n) is 6.38. The van der Waals surface area contributed by atoms with Gasteiger partial charge in [0.15, 0.2) is 0 Å². The summed E-state index contributed by atoms with van der Waals surface area (Å²) in [4.78, 5) is 0. The SMILES string of the molecule is Nc1cc(Cl)ccc1COc1cccc2ccccc12. The molecule has 0 atom stereocenters. The fourth-order valence-electron chi connectivity index (χ4n) is 2.17. The zero-order valence-corrected chi connectivity index (χ0v) is 11.6. The Kier molecular flexibility index (Phi) is 3.48. The van der Waals surface area contributed by atoms with Gasteiger partial charge in [0.2, 0.25) is 0 Å². The van der Waals surface area contributed by atoms with Crippen molar-refractivity contribution in [2.45, 2.75) is 6.61 Å². The largest absolute Gasteiger partial charge is 0.488 e. The van der Waals surface area contributed by atoms with Crippen molar-refractivity contribution in [1.82, 2.24) is 0 Å². The van der Waals surface area contributed by atoms with E-state index in [-0.39, 0.29) is 0 Å². The average Bonchev–Trinajstić information content (AvgIpc) is 2.46. The second-order valence-electron chi connectivity index (χ2n) is 4.61. The summed E-state index contributed by atoms with van der Waals surface area (Å²) < 4.78 is 5.90. The van der Waals surface area contributed by atoms with Crippen LogP contribution in [0, 0.1) is 0 Å². The smallest absolute Gasteiger partial charge is 0.127 e. The van der Waals surface area contributed by atoms with Crippen molar-refractivity contribution >= 4 is 28.1 Å². The van der Waals surface area contributed by atoms with Gasteiger partial charge in [-0.2, -0.15) is 0 Å². The van der Waals surface area contributed by atoms with Crippen molar-refractivity contribution in [2.24, 2.45) is 0 Å². The van der Waals surface area contributed by atoms with Crippen LogP contribution in [0.15, 0.2) is 60.7 Å². The lowest BCUT2D eigenvalue weighted by Crippen LogP contribution is -2.00. The number of rotatable bonds is 3. The molecule has 0 aromatic heterocycles. The second kappa shape index (κ2) is 5.43. The monoisotopic (exact) mass is 283 g/mol. The van der Waals surface area contributed by atoms with E-state index in [1.54, 1.807) is 6.07 Å². The lowest BCUT2D eigenvalue weighted by Gasteiger charge is -2.11. The summed E-state index contributed by atoms with van der Waals surface area (Å²) in [6.45, 7) is 0.428. The maximum Gasteiger partial charge on any atom is 0.127 e. The molecule has 2 nitrogen and oxygen atoms in total. The molecule has 0 heterocycles. The Morgan fingerprint density at radius 2 is 1.75 bits per heavy atom. The zero-order chi connectivity index (χ0) is 13.9. The lowest BCUT2D eigenvalue weighted by atomic mass is 10.1. The van der Waals surface area contributed by atoms with Gasteiger partial charge in [-0.05, 0) is 23.6 Å². The van der Waals surface area contributed by atoms with Crippen LogP contribution in [0.1, 0.15) is 5.56 Å². The van der Waals surface area contributed by atoms with Crippen molar-refractivity contribution in [3.8, 4) is 5.75 Å². The molecule has 3 aromatic carbocycles. The molecule has 0 bridgehead atoms.